The maximum absolute atomic E-state index is 4.59. The molecule has 0 aliphatic heterocycles. The van der Waals surface area contributed by atoms with Crippen LogP contribution < -0.4 is 15.9 Å². The Morgan fingerprint density at radius 2 is 0.933 bits per heavy atom. The summed E-state index contributed by atoms with van der Waals surface area (Å²) in [6, 6.07) is 38.1. The molecule has 2 heteroatoms. The maximum atomic E-state index is 4.59. The summed E-state index contributed by atoms with van der Waals surface area (Å²) in [6.07, 6.45) is 0.933. The van der Waals surface area contributed by atoms with Gasteiger partial charge in [0.05, 0.1) is 0 Å². The molecule has 4 aromatic rings. The van der Waals surface area contributed by atoms with Gasteiger partial charge in [0.15, 0.2) is 0 Å². The first-order chi connectivity index (χ1) is 14.4. The summed E-state index contributed by atoms with van der Waals surface area (Å²) in [5, 5.41) is 1.16. The molecular weight excluding hydrogens is 447 g/mol. The summed E-state index contributed by atoms with van der Waals surface area (Å²) in [4.78, 5) is 0. The van der Waals surface area contributed by atoms with Crippen molar-refractivity contribution in [2.75, 3.05) is 0 Å². The van der Waals surface area contributed by atoms with Gasteiger partial charge >= 0.3 is 189 Å². The van der Waals surface area contributed by atoms with Crippen molar-refractivity contribution >= 4 is 36.7 Å². The molecule has 0 heterocycles. The Bertz CT molecular complexity index is 1070. The molecule has 0 nitrogen and oxygen atoms in total. The Balaban J connectivity index is 2.15. The van der Waals surface area contributed by atoms with Crippen LogP contribution in [0.3, 0.4) is 0 Å². The summed E-state index contributed by atoms with van der Waals surface area (Å²) in [7, 11) is 0. The van der Waals surface area contributed by atoms with E-state index in [0.29, 0.717) is 0 Å². The molecule has 0 N–H and O–H groups in total. The Kier molecular flexibility index (Phi) is 5.71. The molecule has 0 aromatic heterocycles. The predicted molar refractivity (Wildman–Crippen MR) is 138 cm³/mol. The van der Waals surface area contributed by atoms with E-state index in [1.54, 1.807) is 0 Å². The van der Waals surface area contributed by atoms with Gasteiger partial charge in [-0.1, -0.05) is 0 Å². The van der Waals surface area contributed by atoms with Gasteiger partial charge in [-0.15, -0.1) is 0 Å². The minimum atomic E-state index is -2.97. The number of benzene rings is 4. The van der Waals surface area contributed by atoms with Crippen molar-refractivity contribution in [2.45, 2.75) is 26.9 Å². The Labute approximate surface area is 188 Å². The van der Waals surface area contributed by atoms with Crippen LogP contribution in [0.4, 0.5) is 0 Å². The molecule has 0 fully saturated rings. The molecule has 4 rings (SSSR count). The van der Waals surface area contributed by atoms with Gasteiger partial charge in [-0.2, -0.15) is 0 Å². The molecular formula is C28H28BrP. The van der Waals surface area contributed by atoms with Gasteiger partial charge in [-0.25, -0.2) is 0 Å². The first kappa shape index (κ1) is 21.0. The summed E-state index contributed by atoms with van der Waals surface area (Å²) in [5.41, 5.74) is 5.20. The minimum absolute atomic E-state index is 0.933. The van der Waals surface area contributed by atoms with Gasteiger partial charge in [0.2, 0.25) is 0 Å². The monoisotopic (exact) mass is 474 g/mol. The molecule has 0 bridgehead atoms. The first-order valence-electron chi connectivity index (χ1n) is 10.4. The number of rotatable bonds is 5. The summed E-state index contributed by atoms with van der Waals surface area (Å²) in [6.45, 7) is 6.56. The molecule has 0 saturated heterocycles. The van der Waals surface area contributed by atoms with Gasteiger partial charge in [0.1, 0.15) is 0 Å². The van der Waals surface area contributed by atoms with Gasteiger partial charge in [-0.05, 0) is 0 Å². The Hall–Kier alpha value is -2.21. The molecule has 0 aliphatic carbocycles. The molecule has 0 radical (unpaired) electrons. The summed E-state index contributed by atoms with van der Waals surface area (Å²) >= 11 is 4.59. The second kappa shape index (κ2) is 8.14. The quantitative estimate of drug-likeness (QED) is 0.274. The average Bonchev–Trinajstić information content (AvgIpc) is 2.74. The van der Waals surface area contributed by atoms with Gasteiger partial charge in [0.25, 0.3) is 0 Å². The van der Waals surface area contributed by atoms with Crippen molar-refractivity contribution in [3.63, 3.8) is 0 Å². The fraction of sp³-hybridized carbons (Fsp3) is 0.143. The SMILES string of the molecule is Cc1cccc(P(Br)(Cc2ccccc2)(c2cccc(C)c2)c2cccc(C)c2)c1. The van der Waals surface area contributed by atoms with Crippen molar-refractivity contribution in [2.24, 2.45) is 0 Å². The van der Waals surface area contributed by atoms with E-state index < -0.39 is 5.31 Å². The van der Waals surface area contributed by atoms with E-state index in [0.717, 1.165) is 6.16 Å². The van der Waals surface area contributed by atoms with Crippen LogP contribution in [0.2, 0.25) is 0 Å². The summed E-state index contributed by atoms with van der Waals surface area (Å²) in [5.74, 6) is 0. The fourth-order valence-corrected chi connectivity index (χ4v) is 12.2. The van der Waals surface area contributed by atoms with Crippen LogP contribution in [0.25, 0.3) is 0 Å². The number of hydrogen-bond acceptors (Lipinski definition) is 0. The molecule has 4 aromatic carbocycles. The molecule has 0 amide bonds. The standard InChI is InChI=1S/C28H28BrP/c1-22-10-7-15-26(18-22)30(29,21-25-13-5-4-6-14-25,27-16-8-11-23(2)19-27)28-17-9-12-24(3)20-28/h4-20H,21H2,1-3H3. The average molecular weight is 475 g/mol. The van der Waals surface area contributed by atoms with Crippen molar-refractivity contribution in [3.05, 3.63) is 125 Å². The zero-order valence-electron chi connectivity index (χ0n) is 17.8. The van der Waals surface area contributed by atoms with Crippen LogP contribution in [0.1, 0.15) is 22.3 Å². The van der Waals surface area contributed by atoms with E-state index in [9.17, 15) is 0 Å². The number of halogens is 1. The van der Waals surface area contributed by atoms with E-state index in [2.05, 4.69) is 139 Å². The normalized spacial score (nSPS) is 12.9. The third-order valence-corrected chi connectivity index (χ3v) is 15.4. The topological polar surface area (TPSA) is 0 Å². The van der Waals surface area contributed by atoms with Crippen LogP contribution >= 0.6 is 20.8 Å². The van der Waals surface area contributed by atoms with Crippen LogP contribution in [0, 0.1) is 20.8 Å². The van der Waals surface area contributed by atoms with Gasteiger partial charge < -0.3 is 0 Å². The Morgan fingerprint density at radius 3 is 1.30 bits per heavy atom. The molecule has 0 saturated carbocycles. The van der Waals surface area contributed by atoms with Crippen molar-refractivity contribution in [1.82, 2.24) is 0 Å². The van der Waals surface area contributed by atoms with Gasteiger partial charge in [0, 0.05) is 0 Å². The molecule has 0 unspecified atom stereocenters. The van der Waals surface area contributed by atoms with E-state index >= 15 is 0 Å². The van der Waals surface area contributed by atoms with E-state index in [1.165, 1.54) is 38.2 Å². The van der Waals surface area contributed by atoms with Crippen molar-refractivity contribution in [3.8, 4) is 0 Å². The molecule has 0 atom stereocenters. The molecule has 0 aliphatic rings. The van der Waals surface area contributed by atoms with E-state index in [4.69, 9.17) is 0 Å². The van der Waals surface area contributed by atoms with Crippen LogP contribution in [0.5, 0.6) is 0 Å². The number of aryl methyl sites for hydroxylation is 3. The Morgan fingerprint density at radius 1 is 0.533 bits per heavy atom. The van der Waals surface area contributed by atoms with Crippen molar-refractivity contribution < 1.29 is 0 Å². The second-order valence-corrected chi connectivity index (χ2v) is 17.3. The fourth-order valence-electron chi connectivity index (χ4n) is 4.40. The van der Waals surface area contributed by atoms with Crippen LogP contribution in [-0.4, -0.2) is 0 Å². The molecule has 0 spiro atoms. The zero-order valence-corrected chi connectivity index (χ0v) is 20.3. The molecule has 152 valence electrons. The van der Waals surface area contributed by atoms with Crippen LogP contribution in [0.15, 0.2) is 103 Å². The van der Waals surface area contributed by atoms with E-state index in [1.807, 2.05) is 0 Å². The van der Waals surface area contributed by atoms with E-state index in [-0.39, 0.29) is 0 Å². The first-order valence-corrected chi connectivity index (χ1v) is 14.8. The third kappa shape index (κ3) is 3.66. The third-order valence-electron chi connectivity index (χ3n) is 5.94. The number of hydrogen-bond donors (Lipinski definition) is 0. The van der Waals surface area contributed by atoms with Gasteiger partial charge in [-0.3, -0.25) is 0 Å². The van der Waals surface area contributed by atoms with Crippen molar-refractivity contribution in [1.29, 1.82) is 0 Å². The van der Waals surface area contributed by atoms with Crippen LogP contribution in [-0.2, 0) is 6.16 Å². The zero-order chi connectivity index (χ0) is 21.2. The predicted octanol–water partition coefficient (Wildman–Crippen LogP) is 6.95. The molecule has 30 heavy (non-hydrogen) atoms. The second-order valence-electron chi connectivity index (χ2n) is 8.34. The summed E-state index contributed by atoms with van der Waals surface area (Å²) < 4.78 is 0.